The van der Waals surface area contributed by atoms with E-state index in [1.54, 1.807) is 17.9 Å². The molecule has 0 aliphatic rings. The van der Waals surface area contributed by atoms with Crippen molar-refractivity contribution in [1.29, 1.82) is 0 Å². The lowest BCUT2D eigenvalue weighted by molar-refractivity contribution is 0.607. The first-order valence-electron chi connectivity index (χ1n) is 8.80. The zero-order valence-electron chi connectivity index (χ0n) is 15.5. The zero-order chi connectivity index (χ0) is 19.7. The van der Waals surface area contributed by atoms with Crippen LogP contribution < -0.4 is 11.2 Å². The molecule has 28 heavy (non-hydrogen) atoms. The molecule has 0 atom stereocenters. The smallest absolute Gasteiger partial charge is 0.313 e. The van der Waals surface area contributed by atoms with Crippen molar-refractivity contribution < 1.29 is 0 Å². The van der Waals surface area contributed by atoms with Crippen LogP contribution in [0.2, 0.25) is 0 Å². The van der Waals surface area contributed by atoms with Crippen LogP contribution in [0.3, 0.4) is 0 Å². The fourth-order valence-corrected chi connectivity index (χ4v) is 3.90. The van der Waals surface area contributed by atoms with Gasteiger partial charge in [-0.05, 0) is 30.2 Å². The van der Waals surface area contributed by atoms with Crippen molar-refractivity contribution in [2.24, 2.45) is 14.1 Å². The number of aromatic nitrogens is 7. The number of fused-ring (bicyclic) bond motifs is 1. The third-order valence-corrected chi connectivity index (χ3v) is 5.56. The summed E-state index contributed by atoms with van der Waals surface area (Å²) in [5, 5.41) is 9.22. The number of aryl methyl sites for hydroxylation is 4. The van der Waals surface area contributed by atoms with Gasteiger partial charge in [-0.3, -0.25) is 14.3 Å². The Bertz CT molecular complexity index is 1240. The molecule has 0 spiro atoms. The molecule has 0 saturated carbocycles. The lowest BCUT2D eigenvalue weighted by Crippen LogP contribution is -2.29. The lowest BCUT2D eigenvalue weighted by atomic mass is 10.1. The van der Waals surface area contributed by atoms with Gasteiger partial charge in [0.2, 0.25) is 0 Å². The summed E-state index contributed by atoms with van der Waals surface area (Å²) in [5.74, 6) is 0. The molecular weight excluding hydrogens is 378 g/mol. The Morgan fingerprint density at radius 2 is 1.89 bits per heavy atom. The van der Waals surface area contributed by atoms with Gasteiger partial charge in [0, 0.05) is 20.6 Å². The van der Waals surface area contributed by atoms with Gasteiger partial charge < -0.3 is 9.13 Å². The summed E-state index contributed by atoms with van der Waals surface area (Å²) in [6.07, 6.45) is 3.30. The van der Waals surface area contributed by atoms with E-state index >= 15 is 0 Å². The Kier molecular flexibility index (Phi) is 4.86. The number of benzene rings is 1. The summed E-state index contributed by atoms with van der Waals surface area (Å²) in [4.78, 5) is 31.4. The maximum Gasteiger partial charge on any atom is 0.329 e. The third-order valence-electron chi connectivity index (χ3n) is 4.51. The predicted octanol–water partition coefficient (Wildman–Crippen LogP) is 1.34. The Morgan fingerprint density at radius 1 is 1.11 bits per heavy atom. The SMILES string of the molecule is Cn1cnnc1Sc1nc2c(c(=O)[nH]c(=O)n2C)n1CCCc1ccccc1. The standard InChI is InChI=1S/C18H19N7O2S/c1-23-11-19-22-18(23)28-17-20-14-13(15(26)21-16(27)24(14)2)25(17)10-6-9-12-7-4-3-5-8-12/h3-5,7-8,11H,6,9-10H2,1-2H3,(H,21,26,27). The normalized spacial score (nSPS) is 11.4. The van der Waals surface area contributed by atoms with Crippen molar-refractivity contribution in [2.75, 3.05) is 0 Å². The van der Waals surface area contributed by atoms with Crippen LogP contribution in [0, 0.1) is 0 Å². The van der Waals surface area contributed by atoms with Gasteiger partial charge in [0.1, 0.15) is 6.33 Å². The average Bonchev–Trinajstić information content (AvgIpc) is 3.25. The molecular formula is C18H19N7O2S. The highest BCUT2D eigenvalue weighted by Crippen LogP contribution is 2.27. The highest BCUT2D eigenvalue weighted by Gasteiger charge is 2.19. The van der Waals surface area contributed by atoms with Crippen molar-refractivity contribution in [3.63, 3.8) is 0 Å². The maximum absolute atomic E-state index is 12.5. The Balaban J connectivity index is 1.74. The minimum atomic E-state index is -0.485. The van der Waals surface area contributed by atoms with Gasteiger partial charge in [-0.25, -0.2) is 9.78 Å². The van der Waals surface area contributed by atoms with E-state index in [2.05, 4.69) is 32.3 Å². The van der Waals surface area contributed by atoms with E-state index < -0.39 is 11.2 Å². The molecule has 4 aromatic rings. The second-order valence-corrected chi connectivity index (χ2v) is 7.39. The van der Waals surface area contributed by atoms with Crippen LogP contribution in [0.25, 0.3) is 11.2 Å². The van der Waals surface area contributed by atoms with E-state index in [9.17, 15) is 9.59 Å². The molecule has 0 bridgehead atoms. The fourth-order valence-electron chi connectivity index (χ4n) is 3.03. The summed E-state index contributed by atoms with van der Waals surface area (Å²) in [5.41, 5.74) is 1.06. The molecule has 1 N–H and O–H groups in total. The maximum atomic E-state index is 12.5. The second-order valence-electron chi connectivity index (χ2n) is 6.45. The van der Waals surface area contributed by atoms with Crippen LogP contribution in [0.15, 0.2) is 56.6 Å². The number of rotatable bonds is 6. The first kappa shape index (κ1) is 18.2. The minimum Gasteiger partial charge on any atom is -0.313 e. The second kappa shape index (κ2) is 7.47. The summed E-state index contributed by atoms with van der Waals surface area (Å²) < 4.78 is 4.99. The molecule has 9 nitrogen and oxygen atoms in total. The Hall–Kier alpha value is -3.14. The van der Waals surface area contributed by atoms with E-state index in [4.69, 9.17) is 0 Å². The summed E-state index contributed by atoms with van der Waals surface area (Å²) >= 11 is 1.32. The molecule has 0 aliphatic carbocycles. The number of nitrogens with one attached hydrogen (secondary N) is 1. The van der Waals surface area contributed by atoms with E-state index in [0.717, 1.165) is 12.8 Å². The van der Waals surface area contributed by atoms with Crippen LogP contribution in [-0.4, -0.2) is 33.9 Å². The quantitative estimate of drug-likeness (QED) is 0.527. The van der Waals surface area contributed by atoms with E-state index in [-0.39, 0.29) is 0 Å². The average molecular weight is 397 g/mol. The van der Waals surface area contributed by atoms with Gasteiger partial charge in [0.15, 0.2) is 21.5 Å². The first-order valence-corrected chi connectivity index (χ1v) is 9.61. The summed E-state index contributed by atoms with van der Waals surface area (Å²) in [6, 6.07) is 10.2. The molecule has 0 unspecified atom stereocenters. The molecule has 0 saturated heterocycles. The Labute approximate surface area is 164 Å². The number of nitrogens with zero attached hydrogens (tertiary/aromatic N) is 6. The summed E-state index contributed by atoms with van der Waals surface area (Å²) in [7, 11) is 3.44. The predicted molar refractivity (Wildman–Crippen MR) is 105 cm³/mol. The molecule has 1 aromatic carbocycles. The van der Waals surface area contributed by atoms with E-state index in [1.165, 1.54) is 21.9 Å². The van der Waals surface area contributed by atoms with Gasteiger partial charge >= 0.3 is 5.69 Å². The van der Waals surface area contributed by atoms with Crippen molar-refractivity contribution in [1.82, 2.24) is 33.9 Å². The van der Waals surface area contributed by atoms with Gasteiger partial charge in [-0.2, -0.15) is 0 Å². The zero-order valence-corrected chi connectivity index (χ0v) is 16.3. The molecule has 3 heterocycles. The van der Waals surface area contributed by atoms with Crippen LogP contribution >= 0.6 is 11.8 Å². The third kappa shape index (κ3) is 3.38. The first-order chi connectivity index (χ1) is 13.5. The molecule has 0 fully saturated rings. The van der Waals surface area contributed by atoms with Gasteiger partial charge in [0.05, 0.1) is 0 Å². The molecule has 10 heteroatoms. The monoisotopic (exact) mass is 397 g/mol. The number of H-pyrrole nitrogens is 1. The van der Waals surface area contributed by atoms with Crippen LogP contribution in [0.1, 0.15) is 12.0 Å². The number of aromatic amines is 1. The highest BCUT2D eigenvalue weighted by atomic mass is 32.2. The van der Waals surface area contributed by atoms with Crippen LogP contribution in [-0.2, 0) is 27.1 Å². The topological polar surface area (TPSA) is 103 Å². The summed E-state index contributed by atoms with van der Waals surface area (Å²) in [6.45, 7) is 0.590. The number of hydrogen-bond acceptors (Lipinski definition) is 6. The van der Waals surface area contributed by atoms with E-state index in [1.807, 2.05) is 29.8 Å². The van der Waals surface area contributed by atoms with Gasteiger partial charge in [0.25, 0.3) is 5.56 Å². The van der Waals surface area contributed by atoms with Crippen LogP contribution in [0.5, 0.6) is 0 Å². The number of hydrogen-bond donors (Lipinski definition) is 1. The highest BCUT2D eigenvalue weighted by molar-refractivity contribution is 7.99. The molecule has 144 valence electrons. The van der Waals surface area contributed by atoms with Crippen molar-refractivity contribution in [3.8, 4) is 0 Å². The van der Waals surface area contributed by atoms with Gasteiger partial charge in [-0.1, -0.05) is 30.3 Å². The minimum absolute atomic E-state index is 0.359. The Morgan fingerprint density at radius 3 is 2.61 bits per heavy atom. The fraction of sp³-hybridized carbons (Fsp3) is 0.278. The van der Waals surface area contributed by atoms with E-state index in [0.29, 0.717) is 28.0 Å². The molecule has 0 radical (unpaired) electrons. The molecule has 0 amide bonds. The largest absolute Gasteiger partial charge is 0.329 e. The van der Waals surface area contributed by atoms with Crippen molar-refractivity contribution in [2.45, 2.75) is 29.7 Å². The number of imidazole rings is 1. The lowest BCUT2D eigenvalue weighted by Gasteiger charge is -2.08. The van der Waals surface area contributed by atoms with Crippen molar-refractivity contribution in [3.05, 3.63) is 63.1 Å². The van der Waals surface area contributed by atoms with Crippen LogP contribution in [0.4, 0.5) is 0 Å². The molecule has 3 aromatic heterocycles. The molecule has 0 aliphatic heterocycles. The van der Waals surface area contributed by atoms with Gasteiger partial charge in [-0.15, -0.1) is 10.2 Å². The molecule has 4 rings (SSSR count). The van der Waals surface area contributed by atoms with Crippen molar-refractivity contribution >= 4 is 22.9 Å².